The summed E-state index contributed by atoms with van der Waals surface area (Å²) >= 11 is 0. The van der Waals surface area contributed by atoms with Gasteiger partial charge in [0.15, 0.2) is 5.82 Å². The molecular weight excluding hydrogens is 362 g/mol. The Bertz CT molecular complexity index is 1020. The molecule has 29 heavy (non-hydrogen) atoms. The Hall–Kier alpha value is -3.21. The monoisotopic (exact) mass is 387 g/mol. The van der Waals surface area contributed by atoms with Crippen LogP contribution in [-0.4, -0.2) is 35.6 Å². The van der Waals surface area contributed by atoms with Gasteiger partial charge in [0.1, 0.15) is 5.82 Å². The third-order valence-electron chi connectivity index (χ3n) is 5.09. The Labute approximate surface area is 171 Å². The van der Waals surface area contributed by atoms with E-state index in [1.54, 1.807) is 6.07 Å². The number of hydrogen-bond donors (Lipinski definition) is 0. The van der Waals surface area contributed by atoms with E-state index in [0.29, 0.717) is 18.0 Å². The first-order valence-electron chi connectivity index (χ1n) is 10.2. The van der Waals surface area contributed by atoms with E-state index in [1.807, 2.05) is 61.5 Å². The summed E-state index contributed by atoms with van der Waals surface area (Å²) in [5.74, 6) is 1.26. The van der Waals surface area contributed by atoms with Crippen LogP contribution in [0.4, 0.5) is 5.82 Å². The normalized spacial score (nSPS) is 14.4. The molecule has 3 aromatic rings. The maximum absolute atomic E-state index is 12.2. The highest BCUT2D eigenvalue weighted by molar-refractivity contribution is 5.97. The van der Waals surface area contributed by atoms with Crippen LogP contribution in [0.15, 0.2) is 48.5 Å². The lowest BCUT2D eigenvalue weighted by molar-refractivity contribution is 0.0526. The molecule has 5 nitrogen and oxygen atoms in total. The van der Waals surface area contributed by atoms with E-state index in [9.17, 15) is 4.79 Å². The van der Waals surface area contributed by atoms with Crippen LogP contribution in [0.1, 0.15) is 47.9 Å². The second-order valence-corrected chi connectivity index (χ2v) is 7.15. The number of piperidine rings is 1. The van der Waals surface area contributed by atoms with Gasteiger partial charge in [-0.15, -0.1) is 0 Å². The Morgan fingerprint density at radius 1 is 1.03 bits per heavy atom. The largest absolute Gasteiger partial charge is 0.462 e. The van der Waals surface area contributed by atoms with Gasteiger partial charge in [-0.3, -0.25) is 0 Å². The maximum atomic E-state index is 12.2. The highest BCUT2D eigenvalue weighted by Crippen LogP contribution is 2.28. The topological polar surface area (TPSA) is 55.3 Å². The van der Waals surface area contributed by atoms with Crippen LogP contribution < -0.4 is 4.90 Å². The van der Waals surface area contributed by atoms with Crippen molar-refractivity contribution in [2.45, 2.75) is 26.2 Å². The van der Waals surface area contributed by atoms with Gasteiger partial charge in [-0.2, -0.15) is 0 Å². The summed E-state index contributed by atoms with van der Waals surface area (Å²) in [6.07, 6.45) is 7.53. The summed E-state index contributed by atoms with van der Waals surface area (Å²) in [4.78, 5) is 24.1. The predicted molar refractivity (Wildman–Crippen MR) is 117 cm³/mol. The number of rotatable bonds is 5. The number of ether oxygens (including phenoxy) is 1. The van der Waals surface area contributed by atoms with E-state index in [-0.39, 0.29) is 5.97 Å². The molecule has 1 saturated heterocycles. The zero-order valence-corrected chi connectivity index (χ0v) is 16.7. The molecule has 5 heteroatoms. The summed E-state index contributed by atoms with van der Waals surface area (Å²) in [6, 6.07) is 15.6. The van der Waals surface area contributed by atoms with Crippen molar-refractivity contribution in [1.29, 1.82) is 0 Å². The Morgan fingerprint density at radius 2 is 1.83 bits per heavy atom. The summed E-state index contributed by atoms with van der Waals surface area (Å²) in [5, 5.41) is 0.969. The molecule has 0 bridgehead atoms. The van der Waals surface area contributed by atoms with Crippen molar-refractivity contribution in [1.82, 2.24) is 9.97 Å². The number of carbonyl (C=O) groups excluding carboxylic acids is 1. The summed E-state index contributed by atoms with van der Waals surface area (Å²) in [5.41, 5.74) is 2.37. The van der Waals surface area contributed by atoms with Crippen LogP contribution in [0.25, 0.3) is 23.1 Å². The third kappa shape index (κ3) is 4.45. The van der Waals surface area contributed by atoms with Crippen molar-refractivity contribution in [2.75, 3.05) is 24.6 Å². The molecule has 4 rings (SSSR count). The van der Waals surface area contributed by atoms with Gasteiger partial charge < -0.3 is 9.64 Å². The summed E-state index contributed by atoms with van der Waals surface area (Å²) in [6.45, 7) is 4.15. The minimum atomic E-state index is -0.325. The first-order chi connectivity index (χ1) is 14.2. The molecule has 0 spiro atoms. The number of carbonyl (C=O) groups is 1. The van der Waals surface area contributed by atoms with Gasteiger partial charge >= 0.3 is 5.97 Å². The molecule has 0 saturated carbocycles. The zero-order chi connectivity index (χ0) is 20.1. The van der Waals surface area contributed by atoms with Crippen molar-refractivity contribution >= 4 is 34.8 Å². The summed E-state index contributed by atoms with van der Waals surface area (Å²) in [7, 11) is 0. The predicted octanol–water partition coefficient (Wildman–Crippen LogP) is 4.97. The second kappa shape index (κ2) is 8.86. The molecule has 0 atom stereocenters. The fourth-order valence-electron chi connectivity index (χ4n) is 3.63. The molecule has 0 aliphatic carbocycles. The van der Waals surface area contributed by atoms with Gasteiger partial charge in [-0.05, 0) is 56.0 Å². The number of nitrogens with zero attached hydrogens (tertiary/aromatic N) is 3. The van der Waals surface area contributed by atoms with E-state index >= 15 is 0 Å². The van der Waals surface area contributed by atoms with Crippen molar-refractivity contribution < 1.29 is 9.53 Å². The smallest absolute Gasteiger partial charge is 0.338 e. The Kier molecular flexibility index (Phi) is 5.84. The van der Waals surface area contributed by atoms with Gasteiger partial charge in [-0.1, -0.05) is 36.4 Å². The van der Waals surface area contributed by atoms with Crippen molar-refractivity contribution in [3.8, 4) is 0 Å². The molecule has 0 amide bonds. The highest BCUT2D eigenvalue weighted by Gasteiger charge is 2.18. The molecule has 1 aliphatic heterocycles. The quantitative estimate of drug-likeness (QED) is 0.579. The second-order valence-electron chi connectivity index (χ2n) is 7.15. The minimum absolute atomic E-state index is 0.325. The van der Waals surface area contributed by atoms with E-state index in [4.69, 9.17) is 14.7 Å². The molecule has 1 aliphatic rings. The molecule has 0 unspecified atom stereocenters. The van der Waals surface area contributed by atoms with Gasteiger partial charge in [0.25, 0.3) is 0 Å². The Balaban J connectivity index is 1.77. The van der Waals surface area contributed by atoms with Crippen molar-refractivity contribution in [3.05, 3.63) is 65.5 Å². The van der Waals surface area contributed by atoms with Gasteiger partial charge in [0.2, 0.25) is 0 Å². The molecule has 0 N–H and O–H groups in total. The lowest BCUT2D eigenvalue weighted by Crippen LogP contribution is -2.30. The van der Waals surface area contributed by atoms with Crippen LogP contribution in [0.5, 0.6) is 0 Å². The standard InChI is InChI=1S/C24H25N3O2/c1-2-29-24(28)19-12-13-20-21(17-19)25-22(14-11-18-9-5-3-6-10-18)26-23(20)27-15-7-4-8-16-27/h3,5-6,9-14,17H,2,4,7-8,15-16H2,1H3/b14-11+. The summed E-state index contributed by atoms with van der Waals surface area (Å²) < 4.78 is 5.15. The number of anilines is 1. The van der Waals surface area contributed by atoms with Crippen LogP contribution in [0, 0.1) is 0 Å². The average Bonchev–Trinajstić information content (AvgIpc) is 2.78. The van der Waals surface area contributed by atoms with Gasteiger partial charge in [0.05, 0.1) is 17.7 Å². The maximum Gasteiger partial charge on any atom is 0.338 e. The third-order valence-corrected chi connectivity index (χ3v) is 5.09. The number of fused-ring (bicyclic) bond motifs is 1. The first-order valence-corrected chi connectivity index (χ1v) is 10.2. The number of aromatic nitrogens is 2. The molecule has 0 radical (unpaired) electrons. The number of benzene rings is 2. The fourth-order valence-corrected chi connectivity index (χ4v) is 3.63. The molecular formula is C24H25N3O2. The van der Waals surface area contributed by atoms with E-state index in [2.05, 4.69) is 4.90 Å². The van der Waals surface area contributed by atoms with Crippen molar-refractivity contribution in [2.24, 2.45) is 0 Å². The molecule has 2 aromatic carbocycles. The molecule has 1 aromatic heterocycles. The Morgan fingerprint density at radius 3 is 2.59 bits per heavy atom. The highest BCUT2D eigenvalue weighted by atomic mass is 16.5. The molecule has 1 fully saturated rings. The van der Waals surface area contributed by atoms with Crippen LogP contribution in [0.2, 0.25) is 0 Å². The van der Waals surface area contributed by atoms with Crippen LogP contribution >= 0.6 is 0 Å². The van der Waals surface area contributed by atoms with Crippen LogP contribution in [-0.2, 0) is 4.74 Å². The lowest BCUT2D eigenvalue weighted by Gasteiger charge is -2.28. The number of esters is 1. The lowest BCUT2D eigenvalue weighted by atomic mass is 10.1. The van der Waals surface area contributed by atoms with E-state index < -0.39 is 0 Å². The molecule has 2 heterocycles. The van der Waals surface area contributed by atoms with Crippen molar-refractivity contribution in [3.63, 3.8) is 0 Å². The first kappa shape index (κ1) is 19.1. The number of hydrogen-bond acceptors (Lipinski definition) is 5. The minimum Gasteiger partial charge on any atom is -0.462 e. The van der Waals surface area contributed by atoms with Gasteiger partial charge in [0, 0.05) is 18.5 Å². The molecule has 148 valence electrons. The SMILES string of the molecule is CCOC(=O)c1ccc2c(N3CCCCC3)nc(/C=C/c3ccccc3)nc2c1. The van der Waals surface area contributed by atoms with E-state index in [0.717, 1.165) is 35.4 Å². The van der Waals surface area contributed by atoms with Crippen LogP contribution in [0.3, 0.4) is 0 Å². The fraction of sp³-hybridized carbons (Fsp3) is 0.292. The van der Waals surface area contributed by atoms with E-state index in [1.165, 1.54) is 19.3 Å². The zero-order valence-electron chi connectivity index (χ0n) is 16.7. The average molecular weight is 387 g/mol. The van der Waals surface area contributed by atoms with Gasteiger partial charge in [-0.25, -0.2) is 14.8 Å².